The lowest BCUT2D eigenvalue weighted by Gasteiger charge is -2.17. The standard InChI is InChI=1S/C14H12F2IN/c1-9(10-6-11(15)8-12(16)7-10)18-14-5-3-2-4-13(14)17/h2-9,18H,1H3. The second-order valence-electron chi connectivity index (χ2n) is 4.05. The molecule has 94 valence electrons. The summed E-state index contributed by atoms with van der Waals surface area (Å²) in [4.78, 5) is 0. The first-order valence-corrected chi connectivity index (χ1v) is 6.61. The zero-order valence-electron chi connectivity index (χ0n) is 9.75. The molecule has 0 saturated heterocycles. The van der Waals surface area contributed by atoms with Crippen LogP contribution in [0.15, 0.2) is 42.5 Å². The number of rotatable bonds is 3. The Kier molecular flexibility index (Phi) is 4.16. The van der Waals surface area contributed by atoms with E-state index in [0.29, 0.717) is 5.56 Å². The summed E-state index contributed by atoms with van der Waals surface area (Å²) in [6, 6.07) is 11.2. The van der Waals surface area contributed by atoms with E-state index >= 15 is 0 Å². The molecule has 0 radical (unpaired) electrons. The maximum Gasteiger partial charge on any atom is 0.126 e. The largest absolute Gasteiger partial charge is 0.378 e. The first kappa shape index (κ1) is 13.3. The van der Waals surface area contributed by atoms with Crippen LogP contribution >= 0.6 is 22.6 Å². The van der Waals surface area contributed by atoms with E-state index in [9.17, 15) is 8.78 Å². The maximum atomic E-state index is 13.1. The van der Waals surface area contributed by atoms with Crippen molar-refractivity contribution in [3.63, 3.8) is 0 Å². The second kappa shape index (κ2) is 5.65. The second-order valence-corrected chi connectivity index (χ2v) is 5.21. The molecule has 0 aliphatic rings. The molecule has 0 aliphatic heterocycles. The molecule has 18 heavy (non-hydrogen) atoms. The smallest absolute Gasteiger partial charge is 0.126 e. The third-order valence-corrected chi connectivity index (χ3v) is 3.57. The van der Waals surface area contributed by atoms with E-state index in [1.165, 1.54) is 12.1 Å². The van der Waals surface area contributed by atoms with Gasteiger partial charge in [0.05, 0.1) is 0 Å². The van der Waals surface area contributed by atoms with E-state index in [-0.39, 0.29) is 6.04 Å². The molecular formula is C14H12F2IN. The van der Waals surface area contributed by atoms with Gasteiger partial charge in [-0.05, 0) is 59.3 Å². The topological polar surface area (TPSA) is 12.0 Å². The Morgan fingerprint density at radius 3 is 2.28 bits per heavy atom. The normalized spacial score (nSPS) is 12.2. The molecule has 0 amide bonds. The predicted octanol–water partition coefficient (Wildman–Crippen LogP) is 4.74. The van der Waals surface area contributed by atoms with Crippen molar-refractivity contribution in [2.75, 3.05) is 5.32 Å². The molecule has 1 N–H and O–H groups in total. The van der Waals surface area contributed by atoms with Crippen molar-refractivity contribution in [3.05, 3.63) is 63.2 Å². The van der Waals surface area contributed by atoms with Crippen LogP contribution in [0.2, 0.25) is 0 Å². The molecule has 2 rings (SSSR count). The average Bonchev–Trinajstić information content (AvgIpc) is 2.31. The Morgan fingerprint density at radius 1 is 1.06 bits per heavy atom. The Morgan fingerprint density at radius 2 is 1.67 bits per heavy atom. The van der Waals surface area contributed by atoms with Gasteiger partial charge in [-0.15, -0.1) is 0 Å². The lowest BCUT2D eigenvalue weighted by Crippen LogP contribution is -2.08. The fraction of sp³-hybridized carbons (Fsp3) is 0.143. The van der Waals surface area contributed by atoms with Crippen LogP contribution in [-0.2, 0) is 0 Å². The lowest BCUT2D eigenvalue weighted by molar-refractivity contribution is 0.577. The lowest BCUT2D eigenvalue weighted by atomic mass is 10.1. The van der Waals surface area contributed by atoms with Crippen molar-refractivity contribution in [3.8, 4) is 0 Å². The predicted molar refractivity (Wildman–Crippen MR) is 77.6 cm³/mol. The van der Waals surface area contributed by atoms with Gasteiger partial charge in [-0.3, -0.25) is 0 Å². The number of hydrogen-bond donors (Lipinski definition) is 1. The van der Waals surface area contributed by atoms with Crippen LogP contribution in [0.25, 0.3) is 0 Å². The van der Waals surface area contributed by atoms with Gasteiger partial charge < -0.3 is 5.32 Å². The van der Waals surface area contributed by atoms with Crippen molar-refractivity contribution < 1.29 is 8.78 Å². The van der Waals surface area contributed by atoms with Gasteiger partial charge in [0.1, 0.15) is 11.6 Å². The molecule has 0 saturated carbocycles. The zero-order valence-corrected chi connectivity index (χ0v) is 11.9. The molecule has 0 fully saturated rings. The molecule has 1 unspecified atom stereocenters. The van der Waals surface area contributed by atoms with Crippen molar-refractivity contribution in [2.24, 2.45) is 0 Å². The van der Waals surface area contributed by atoms with Gasteiger partial charge in [0, 0.05) is 21.4 Å². The van der Waals surface area contributed by atoms with Crippen LogP contribution in [-0.4, -0.2) is 0 Å². The zero-order chi connectivity index (χ0) is 13.1. The highest BCUT2D eigenvalue weighted by atomic mass is 127. The number of hydrogen-bond acceptors (Lipinski definition) is 1. The van der Waals surface area contributed by atoms with Gasteiger partial charge >= 0.3 is 0 Å². The van der Waals surface area contributed by atoms with E-state index in [1.54, 1.807) is 0 Å². The number of nitrogens with one attached hydrogen (secondary N) is 1. The minimum atomic E-state index is -0.554. The summed E-state index contributed by atoms with van der Waals surface area (Å²) >= 11 is 2.22. The molecule has 1 nitrogen and oxygen atoms in total. The van der Waals surface area contributed by atoms with E-state index in [2.05, 4.69) is 27.9 Å². The first-order chi connectivity index (χ1) is 8.56. The summed E-state index contributed by atoms with van der Waals surface area (Å²) in [5.41, 5.74) is 1.54. The SMILES string of the molecule is CC(Nc1ccccc1I)c1cc(F)cc(F)c1. The number of para-hydroxylation sites is 1. The summed E-state index contributed by atoms with van der Waals surface area (Å²) in [5, 5.41) is 3.24. The Labute approximate surface area is 118 Å². The van der Waals surface area contributed by atoms with Gasteiger partial charge in [0.15, 0.2) is 0 Å². The first-order valence-electron chi connectivity index (χ1n) is 5.53. The fourth-order valence-electron chi connectivity index (χ4n) is 1.72. The number of benzene rings is 2. The van der Waals surface area contributed by atoms with E-state index in [1.807, 2.05) is 31.2 Å². The Bertz CT molecular complexity index is 537. The molecule has 0 aliphatic carbocycles. The quantitative estimate of drug-likeness (QED) is 0.781. The summed E-state index contributed by atoms with van der Waals surface area (Å²) < 4.78 is 27.3. The maximum absolute atomic E-state index is 13.1. The molecule has 0 bridgehead atoms. The number of anilines is 1. The summed E-state index contributed by atoms with van der Waals surface area (Å²) in [5.74, 6) is -1.11. The van der Waals surface area contributed by atoms with Crippen LogP contribution < -0.4 is 5.32 Å². The monoisotopic (exact) mass is 359 g/mol. The molecule has 4 heteroatoms. The molecule has 2 aromatic carbocycles. The summed E-state index contributed by atoms with van der Waals surface area (Å²) in [6.07, 6.45) is 0. The highest BCUT2D eigenvalue weighted by molar-refractivity contribution is 14.1. The Hall–Kier alpha value is -1.17. The van der Waals surface area contributed by atoms with Gasteiger partial charge in [0.25, 0.3) is 0 Å². The van der Waals surface area contributed by atoms with Crippen LogP contribution in [0, 0.1) is 15.2 Å². The van der Waals surface area contributed by atoms with Crippen LogP contribution in [0.1, 0.15) is 18.5 Å². The molecule has 0 spiro atoms. The van der Waals surface area contributed by atoms with Gasteiger partial charge in [-0.25, -0.2) is 8.78 Å². The average molecular weight is 359 g/mol. The van der Waals surface area contributed by atoms with Crippen molar-refractivity contribution in [1.29, 1.82) is 0 Å². The highest BCUT2D eigenvalue weighted by Gasteiger charge is 2.09. The minimum absolute atomic E-state index is 0.161. The molecule has 2 aromatic rings. The van der Waals surface area contributed by atoms with Crippen LogP contribution in [0.4, 0.5) is 14.5 Å². The van der Waals surface area contributed by atoms with Crippen molar-refractivity contribution in [2.45, 2.75) is 13.0 Å². The molecular weight excluding hydrogens is 347 g/mol. The third-order valence-electron chi connectivity index (χ3n) is 2.63. The van der Waals surface area contributed by atoms with Crippen LogP contribution in [0.5, 0.6) is 0 Å². The molecule has 0 aromatic heterocycles. The van der Waals surface area contributed by atoms with Gasteiger partial charge in [0.2, 0.25) is 0 Å². The summed E-state index contributed by atoms with van der Waals surface area (Å²) in [7, 11) is 0. The van der Waals surface area contributed by atoms with Crippen molar-refractivity contribution >= 4 is 28.3 Å². The van der Waals surface area contributed by atoms with Crippen LogP contribution in [0.3, 0.4) is 0 Å². The molecule has 1 atom stereocenters. The van der Waals surface area contributed by atoms with E-state index in [0.717, 1.165) is 15.3 Å². The molecule has 0 heterocycles. The highest BCUT2D eigenvalue weighted by Crippen LogP contribution is 2.24. The van der Waals surface area contributed by atoms with E-state index in [4.69, 9.17) is 0 Å². The third kappa shape index (κ3) is 3.19. The summed E-state index contributed by atoms with van der Waals surface area (Å²) in [6.45, 7) is 1.87. The van der Waals surface area contributed by atoms with Gasteiger partial charge in [-0.2, -0.15) is 0 Å². The number of halogens is 3. The Balaban J connectivity index is 2.22. The van der Waals surface area contributed by atoms with Crippen molar-refractivity contribution in [1.82, 2.24) is 0 Å². The van der Waals surface area contributed by atoms with Gasteiger partial charge in [-0.1, -0.05) is 12.1 Å². The minimum Gasteiger partial charge on any atom is -0.378 e. The fourth-order valence-corrected chi connectivity index (χ4v) is 2.26. The van der Waals surface area contributed by atoms with E-state index < -0.39 is 11.6 Å².